The van der Waals surface area contributed by atoms with Crippen molar-refractivity contribution >= 4 is 71.8 Å². The molecule has 9 amide bonds. The maximum Gasteiger partial charge on any atom is 0.327 e. The van der Waals surface area contributed by atoms with Gasteiger partial charge in [0.25, 0.3) is 0 Å². The van der Waals surface area contributed by atoms with Crippen LogP contribution in [0.15, 0.2) is 0 Å². The molecule has 4 aliphatic rings. The Labute approximate surface area is 362 Å². The van der Waals surface area contributed by atoms with E-state index in [1.807, 2.05) is 0 Å². The molecule has 0 spiro atoms. The van der Waals surface area contributed by atoms with Gasteiger partial charge in [-0.05, 0) is 64.8 Å². The zero-order valence-corrected chi connectivity index (χ0v) is 35.3. The highest BCUT2D eigenvalue weighted by molar-refractivity contribution is 7.80. The zero-order chi connectivity index (χ0) is 45.7. The minimum Gasteiger partial charge on any atom is -0.480 e. The minimum atomic E-state index is -1.55. The number of carboxylic acid groups (broad SMARTS) is 1. The lowest BCUT2D eigenvalue weighted by Gasteiger charge is -2.34. The Morgan fingerprint density at radius 3 is 1.61 bits per heavy atom. The summed E-state index contributed by atoms with van der Waals surface area (Å²) in [6.07, 6.45) is 3.44. The van der Waals surface area contributed by atoms with Crippen LogP contribution in [0.5, 0.6) is 0 Å². The summed E-state index contributed by atoms with van der Waals surface area (Å²) in [6, 6.07) is -10.5. The SMILES string of the molecule is C[C@H](NC(=O)CNC(=O)[C@H](CO)NC(=O)[C@H](CO)NC(=O)[C@@H]1CCCN1)C(=O)N1CCC[C@H]1C(=O)N1CCC[C@H]1C(=O)N1CCC[C@H]1C(=O)N[C@@H](CO)C(=O)N[C@@H](CS)C(=O)O. The lowest BCUT2D eigenvalue weighted by Crippen LogP contribution is -2.59. The van der Waals surface area contributed by atoms with E-state index in [-0.39, 0.29) is 44.6 Å². The van der Waals surface area contributed by atoms with Gasteiger partial charge in [-0.25, -0.2) is 4.79 Å². The van der Waals surface area contributed by atoms with Gasteiger partial charge in [-0.3, -0.25) is 43.2 Å². The number of amides is 9. The fourth-order valence-electron chi connectivity index (χ4n) is 7.91. The molecule has 0 unspecified atom stereocenters. The quantitative estimate of drug-likeness (QED) is 0.0506. The van der Waals surface area contributed by atoms with E-state index in [2.05, 4.69) is 49.8 Å². The van der Waals surface area contributed by atoms with Crippen molar-refractivity contribution in [3.05, 3.63) is 0 Å². The average molecular weight is 899 g/mol. The Bertz CT molecular complexity index is 1700. The van der Waals surface area contributed by atoms with E-state index in [4.69, 9.17) is 0 Å². The maximum absolute atomic E-state index is 14.0. The molecule has 4 saturated heterocycles. The molecule has 0 aromatic heterocycles. The number of hydrogen-bond acceptors (Lipinski definition) is 15. The summed E-state index contributed by atoms with van der Waals surface area (Å²) >= 11 is 3.89. The predicted octanol–water partition coefficient (Wildman–Crippen LogP) is -6.74. The first-order chi connectivity index (χ1) is 29.6. The molecular formula is C37H58N10O14S. The van der Waals surface area contributed by atoms with Gasteiger partial charge in [-0.15, -0.1) is 0 Å². The van der Waals surface area contributed by atoms with Crippen LogP contribution in [0.1, 0.15) is 58.3 Å². The number of hydrogen-bond donors (Lipinski definition) is 12. The summed E-state index contributed by atoms with van der Waals surface area (Å²) in [5.41, 5.74) is 0. The van der Waals surface area contributed by atoms with Crippen LogP contribution in [0.4, 0.5) is 0 Å². The third-order valence-electron chi connectivity index (χ3n) is 11.3. The molecule has 0 aromatic carbocycles. The van der Waals surface area contributed by atoms with Crippen molar-refractivity contribution in [1.29, 1.82) is 0 Å². The number of carbonyl (C=O) groups is 10. The molecule has 9 atom stereocenters. The molecule has 0 bridgehead atoms. The fourth-order valence-corrected chi connectivity index (χ4v) is 8.16. The number of nitrogens with one attached hydrogen (secondary N) is 7. The Hall–Kier alpha value is -5.11. The Kier molecular flexibility index (Phi) is 18.7. The Balaban J connectivity index is 1.29. The maximum atomic E-state index is 14.0. The van der Waals surface area contributed by atoms with Gasteiger partial charge >= 0.3 is 5.97 Å². The number of carbonyl (C=O) groups excluding carboxylic acids is 9. The number of aliphatic hydroxyl groups is 3. The second-order valence-electron chi connectivity index (χ2n) is 15.5. The molecule has 4 rings (SSSR count). The monoisotopic (exact) mass is 898 g/mol. The van der Waals surface area contributed by atoms with Crippen LogP contribution in [-0.2, 0) is 47.9 Å². The number of aliphatic carboxylic acids is 1. The highest BCUT2D eigenvalue weighted by Gasteiger charge is 2.46. The van der Waals surface area contributed by atoms with Gasteiger partial charge in [0.2, 0.25) is 53.2 Å². The van der Waals surface area contributed by atoms with E-state index in [0.29, 0.717) is 32.2 Å². The highest BCUT2D eigenvalue weighted by Crippen LogP contribution is 2.29. The van der Waals surface area contributed by atoms with Crippen molar-refractivity contribution in [3.63, 3.8) is 0 Å². The fraction of sp³-hybridized carbons (Fsp3) is 0.730. The molecule has 0 radical (unpaired) electrons. The second kappa shape index (κ2) is 23.4. The average Bonchev–Trinajstić information content (AvgIpc) is 4.11. The van der Waals surface area contributed by atoms with Gasteiger partial charge in [0.05, 0.1) is 32.4 Å². The summed E-state index contributed by atoms with van der Waals surface area (Å²) < 4.78 is 0. The second-order valence-corrected chi connectivity index (χ2v) is 15.9. The third-order valence-corrected chi connectivity index (χ3v) is 11.6. The molecule has 4 aliphatic heterocycles. The number of thiol groups is 1. The van der Waals surface area contributed by atoms with Crippen molar-refractivity contribution in [2.45, 2.75) is 113 Å². The van der Waals surface area contributed by atoms with E-state index in [1.165, 1.54) is 21.6 Å². The minimum absolute atomic E-state index is 0.176. The summed E-state index contributed by atoms with van der Waals surface area (Å²) in [5.74, 6) is -8.12. The normalized spacial score (nSPS) is 23.3. The van der Waals surface area contributed by atoms with Crippen LogP contribution in [-0.4, -0.2) is 207 Å². The van der Waals surface area contributed by atoms with Crippen LogP contribution in [0.2, 0.25) is 0 Å². The van der Waals surface area contributed by atoms with Crippen molar-refractivity contribution in [3.8, 4) is 0 Å². The molecule has 62 heavy (non-hydrogen) atoms. The van der Waals surface area contributed by atoms with Crippen LogP contribution in [0, 0.1) is 0 Å². The standard InChI is InChI=1S/C37H58N10O14S/c1-19(40-28(51)14-39-29(52)21(15-48)41-31(54)22(16-49)42-30(53)20-6-2-10-38-20)34(57)46-12-4-8-26(46)36(59)47-13-5-9-27(47)35(58)45-11-3-7-25(45)33(56)43-23(17-50)32(55)44-24(18-62)37(60)61/h19-27,38,48-50,62H,2-18H2,1H3,(H,39,52)(H,40,51)(H,41,54)(H,42,53)(H,43,56)(H,44,55)(H,60,61)/t19-,20-,21-,22-,23-,24-,25-,26-,27-/m0/s1. The lowest BCUT2D eigenvalue weighted by atomic mass is 10.1. The van der Waals surface area contributed by atoms with Crippen molar-refractivity contribution in [2.75, 3.05) is 58.3 Å². The molecule has 4 heterocycles. The van der Waals surface area contributed by atoms with Crippen LogP contribution < -0.4 is 37.2 Å². The number of rotatable bonds is 20. The molecule has 25 heteroatoms. The molecule has 4 fully saturated rings. The Morgan fingerprint density at radius 1 is 0.613 bits per heavy atom. The van der Waals surface area contributed by atoms with Gasteiger partial charge < -0.3 is 72.3 Å². The topological polar surface area (TPSA) is 346 Å². The predicted molar refractivity (Wildman–Crippen MR) is 216 cm³/mol. The van der Waals surface area contributed by atoms with E-state index >= 15 is 0 Å². The molecule has 0 aliphatic carbocycles. The van der Waals surface area contributed by atoms with Gasteiger partial charge in [-0.2, -0.15) is 12.6 Å². The molecule has 0 aromatic rings. The first-order valence-electron chi connectivity index (χ1n) is 20.7. The Morgan fingerprint density at radius 2 is 1.10 bits per heavy atom. The van der Waals surface area contributed by atoms with Crippen molar-refractivity contribution < 1.29 is 68.4 Å². The van der Waals surface area contributed by atoms with E-state index in [0.717, 1.165) is 6.42 Å². The first-order valence-corrected chi connectivity index (χ1v) is 21.3. The number of nitrogens with zero attached hydrogens (tertiary/aromatic N) is 3. The molecular weight excluding hydrogens is 841 g/mol. The lowest BCUT2D eigenvalue weighted by molar-refractivity contribution is -0.151. The van der Waals surface area contributed by atoms with E-state index in [1.54, 1.807) is 0 Å². The third kappa shape index (κ3) is 12.5. The van der Waals surface area contributed by atoms with E-state index in [9.17, 15) is 68.4 Å². The number of aliphatic hydroxyl groups excluding tert-OH is 3. The van der Waals surface area contributed by atoms with Gasteiger partial charge in [-0.1, -0.05) is 0 Å². The molecule has 24 nitrogen and oxygen atoms in total. The van der Waals surface area contributed by atoms with E-state index < -0.39 is 140 Å². The summed E-state index contributed by atoms with van der Waals surface area (Å²) in [7, 11) is 0. The summed E-state index contributed by atoms with van der Waals surface area (Å²) in [4.78, 5) is 134. The zero-order valence-electron chi connectivity index (χ0n) is 34.4. The van der Waals surface area contributed by atoms with Crippen LogP contribution in [0.3, 0.4) is 0 Å². The van der Waals surface area contributed by atoms with Gasteiger partial charge in [0.1, 0.15) is 48.3 Å². The highest BCUT2D eigenvalue weighted by atomic mass is 32.1. The van der Waals surface area contributed by atoms with Gasteiger partial charge in [0.15, 0.2) is 0 Å². The first kappa shape index (κ1) is 49.5. The molecule has 11 N–H and O–H groups in total. The molecule has 0 saturated carbocycles. The summed E-state index contributed by atoms with van der Waals surface area (Å²) in [5, 5.41) is 55.3. The number of carboxylic acids is 1. The van der Waals surface area contributed by atoms with Crippen molar-refractivity contribution in [2.24, 2.45) is 0 Å². The number of likely N-dealkylation sites (tertiary alicyclic amines) is 3. The van der Waals surface area contributed by atoms with Crippen LogP contribution in [0.25, 0.3) is 0 Å². The molecule has 346 valence electrons. The van der Waals surface area contributed by atoms with Gasteiger partial charge in [0, 0.05) is 25.4 Å². The largest absolute Gasteiger partial charge is 0.480 e. The van der Waals surface area contributed by atoms with Crippen LogP contribution >= 0.6 is 12.6 Å². The summed E-state index contributed by atoms with van der Waals surface area (Å²) in [6.45, 7) is -0.614. The smallest absolute Gasteiger partial charge is 0.327 e. The van der Waals surface area contributed by atoms with Crippen molar-refractivity contribution in [1.82, 2.24) is 51.9 Å².